The summed E-state index contributed by atoms with van der Waals surface area (Å²) in [6.45, 7) is 4.44. The highest BCUT2D eigenvalue weighted by molar-refractivity contribution is 6.32. The van der Waals surface area contributed by atoms with Gasteiger partial charge >= 0.3 is 0 Å². The molecule has 1 aromatic carbocycles. The molecule has 0 saturated heterocycles. The maximum absolute atomic E-state index is 9.54. The van der Waals surface area contributed by atoms with E-state index in [1.54, 1.807) is 25.1 Å². The monoisotopic (exact) mass is 274 g/mol. The molecule has 1 unspecified atom stereocenters. The van der Waals surface area contributed by atoms with Crippen LogP contribution in [-0.2, 0) is 4.74 Å². The summed E-state index contributed by atoms with van der Waals surface area (Å²) < 4.78 is 10.5. The van der Waals surface area contributed by atoms with Crippen molar-refractivity contribution in [1.29, 1.82) is 0 Å². The lowest BCUT2D eigenvalue weighted by atomic mass is 10.1. The quantitative estimate of drug-likeness (QED) is 0.800. The van der Waals surface area contributed by atoms with Crippen LogP contribution in [-0.4, -0.2) is 36.1 Å². The molecule has 18 heavy (non-hydrogen) atoms. The summed E-state index contributed by atoms with van der Waals surface area (Å²) in [5.41, 5.74) is 0.724. The molecule has 0 heterocycles. The first-order chi connectivity index (χ1) is 8.54. The van der Waals surface area contributed by atoms with Crippen LogP contribution in [0.4, 0.5) is 0 Å². The first-order valence-electron chi connectivity index (χ1n) is 5.90. The second kappa shape index (κ2) is 7.59. The van der Waals surface area contributed by atoms with E-state index in [1.807, 2.05) is 6.92 Å². The standard InChI is InChI=1S/C13H19ClO4/c1-3-17-7-11(16)8-18-13-5-4-10(9(2)15)6-12(13)14/h4-6,9,11,15-16H,3,7-8H2,1-2H3/t9-,11?/m0/s1. The molecule has 0 fully saturated rings. The van der Waals surface area contributed by atoms with Gasteiger partial charge in [-0.1, -0.05) is 17.7 Å². The Morgan fingerprint density at radius 3 is 2.56 bits per heavy atom. The topological polar surface area (TPSA) is 58.9 Å². The van der Waals surface area contributed by atoms with Gasteiger partial charge in [-0.2, -0.15) is 0 Å². The molecule has 0 bridgehead atoms. The van der Waals surface area contributed by atoms with Crippen molar-refractivity contribution in [2.24, 2.45) is 0 Å². The number of aliphatic hydroxyl groups is 2. The van der Waals surface area contributed by atoms with Crippen LogP contribution in [0, 0.1) is 0 Å². The second-order valence-electron chi connectivity index (χ2n) is 3.99. The predicted octanol–water partition coefficient (Wildman–Crippen LogP) is 2.17. The molecule has 1 aromatic rings. The summed E-state index contributed by atoms with van der Waals surface area (Å²) in [6, 6.07) is 5.06. The van der Waals surface area contributed by atoms with E-state index in [-0.39, 0.29) is 13.2 Å². The van der Waals surface area contributed by atoms with Crippen molar-refractivity contribution in [2.45, 2.75) is 26.1 Å². The molecule has 0 aromatic heterocycles. The molecule has 2 N–H and O–H groups in total. The zero-order chi connectivity index (χ0) is 13.5. The van der Waals surface area contributed by atoms with Crippen molar-refractivity contribution in [3.8, 4) is 5.75 Å². The summed E-state index contributed by atoms with van der Waals surface area (Å²) in [5, 5.41) is 19.4. The highest BCUT2D eigenvalue weighted by Crippen LogP contribution is 2.27. The number of rotatable bonds is 7. The van der Waals surface area contributed by atoms with E-state index in [2.05, 4.69) is 0 Å². The molecule has 4 nitrogen and oxygen atoms in total. The van der Waals surface area contributed by atoms with Gasteiger partial charge in [0.25, 0.3) is 0 Å². The van der Waals surface area contributed by atoms with E-state index in [1.165, 1.54) is 0 Å². The fourth-order valence-corrected chi connectivity index (χ4v) is 1.63. The van der Waals surface area contributed by atoms with E-state index in [4.69, 9.17) is 21.1 Å². The Kier molecular flexibility index (Phi) is 6.43. The summed E-state index contributed by atoms with van der Waals surface area (Å²) in [7, 11) is 0. The van der Waals surface area contributed by atoms with E-state index < -0.39 is 12.2 Å². The average Bonchev–Trinajstić information content (AvgIpc) is 2.34. The molecule has 102 valence electrons. The van der Waals surface area contributed by atoms with Crippen molar-refractivity contribution < 1.29 is 19.7 Å². The van der Waals surface area contributed by atoms with Gasteiger partial charge in [-0.05, 0) is 31.5 Å². The molecule has 0 amide bonds. The van der Waals surface area contributed by atoms with Gasteiger partial charge < -0.3 is 19.7 Å². The van der Waals surface area contributed by atoms with Gasteiger partial charge in [0.15, 0.2) is 0 Å². The molecule has 2 atom stereocenters. The Morgan fingerprint density at radius 1 is 1.28 bits per heavy atom. The molecule has 1 rings (SSSR count). The number of hydrogen-bond acceptors (Lipinski definition) is 4. The third-order valence-corrected chi connectivity index (χ3v) is 2.68. The normalized spacial score (nSPS) is 14.3. The lowest BCUT2D eigenvalue weighted by Gasteiger charge is -2.14. The Hall–Kier alpha value is -0.810. The van der Waals surface area contributed by atoms with Crippen LogP contribution in [0.2, 0.25) is 5.02 Å². The largest absolute Gasteiger partial charge is 0.489 e. The van der Waals surface area contributed by atoms with Crippen LogP contribution in [0.5, 0.6) is 5.75 Å². The van der Waals surface area contributed by atoms with E-state index in [0.29, 0.717) is 17.4 Å². The summed E-state index contributed by atoms with van der Waals surface area (Å²) in [5.74, 6) is 0.483. The van der Waals surface area contributed by atoms with Crippen molar-refractivity contribution in [1.82, 2.24) is 0 Å². The van der Waals surface area contributed by atoms with Crippen molar-refractivity contribution in [2.75, 3.05) is 19.8 Å². The smallest absolute Gasteiger partial charge is 0.138 e. The minimum absolute atomic E-state index is 0.119. The van der Waals surface area contributed by atoms with Gasteiger partial charge in [0.1, 0.15) is 18.5 Å². The van der Waals surface area contributed by atoms with E-state index >= 15 is 0 Å². The minimum atomic E-state index is -0.683. The van der Waals surface area contributed by atoms with Gasteiger partial charge in [0.2, 0.25) is 0 Å². The summed E-state index contributed by atoms with van der Waals surface area (Å²) in [6.07, 6.45) is -1.25. The van der Waals surface area contributed by atoms with Crippen molar-refractivity contribution in [3.05, 3.63) is 28.8 Å². The molecular formula is C13H19ClO4. The van der Waals surface area contributed by atoms with Gasteiger partial charge in [0.05, 0.1) is 17.7 Å². The molecule has 0 saturated carbocycles. The van der Waals surface area contributed by atoms with Crippen molar-refractivity contribution in [3.63, 3.8) is 0 Å². The van der Waals surface area contributed by atoms with Gasteiger partial charge in [0, 0.05) is 6.61 Å². The Bertz CT molecular complexity index is 368. The van der Waals surface area contributed by atoms with Crippen LogP contribution in [0.25, 0.3) is 0 Å². The Balaban J connectivity index is 2.52. The fourth-order valence-electron chi connectivity index (χ4n) is 1.38. The summed E-state index contributed by atoms with van der Waals surface area (Å²) >= 11 is 6.01. The lowest BCUT2D eigenvalue weighted by molar-refractivity contribution is 0.0164. The Morgan fingerprint density at radius 2 is 2.00 bits per heavy atom. The van der Waals surface area contributed by atoms with Crippen LogP contribution in [0.3, 0.4) is 0 Å². The maximum atomic E-state index is 9.54. The van der Waals surface area contributed by atoms with Crippen LogP contribution < -0.4 is 4.74 Å². The summed E-state index contributed by atoms with van der Waals surface area (Å²) in [4.78, 5) is 0. The number of benzene rings is 1. The predicted molar refractivity (Wildman–Crippen MR) is 70.1 cm³/mol. The van der Waals surface area contributed by atoms with Gasteiger partial charge in [-0.3, -0.25) is 0 Å². The first-order valence-corrected chi connectivity index (χ1v) is 6.28. The highest BCUT2D eigenvalue weighted by Gasteiger charge is 2.09. The molecule has 0 aliphatic heterocycles. The highest BCUT2D eigenvalue weighted by atomic mass is 35.5. The lowest BCUT2D eigenvalue weighted by Crippen LogP contribution is -2.23. The molecule has 0 aliphatic rings. The van der Waals surface area contributed by atoms with Crippen LogP contribution in [0.15, 0.2) is 18.2 Å². The number of hydrogen-bond donors (Lipinski definition) is 2. The molecular weight excluding hydrogens is 256 g/mol. The maximum Gasteiger partial charge on any atom is 0.138 e. The van der Waals surface area contributed by atoms with Crippen molar-refractivity contribution >= 4 is 11.6 Å². The molecule has 5 heteroatoms. The van der Waals surface area contributed by atoms with E-state index in [0.717, 1.165) is 5.56 Å². The number of ether oxygens (including phenoxy) is 2. The molecule has 0 spiro atoms. The average molecular weight is 275 g/mol. The minimum Gasteiger partial charge on any atom is -0.489 e. The third kappa shape index (κ3) is 4.82. The van der Waals surface area contributed by atoms with Crippen LogP contribution in [0.1, 0.15) is 25.5 Å². The van der Waals surface area contributed by atoms with Gasteiger partial charge in [-0.25, -0.2) is 0 Å². The first kappa shape index (κ1) is 15.2. The Labute approximate surface area is 112 Å². The molecule has 0 radical (unpaired) electrons. The fraction of sp³-hybridized carbons (Fsp3) is 0.538. The van der Waals surface area contributed by atoms with E-state index in [9.17, 15) is 10.2 Å². The number of halogens is 1. The van der Waals surface area contributed by atoms with Crippen LogP contribution >= 0.6 is 11.6 Å². The molecule has 0 aliphatic carbocycles. The third-order valence-electron chi connectivity index (χ3n) is 2.38. The van der Waals surface area contributed by atoms with Gasteiger partial charge in [-0.15, -0.1) is 0 Å². The SMILES string of the molecule is CCOCC(O)COc1ccc([C@H](C)O)cc1Cl. The zero-order valence-corrected chi connectivity index (χ0v) is 11.4. The number of aliphatic hydroxyl groups excluding tert-OH is 2. The second-order valence-corrected chi connectivity index (χ2v) is 4.40. The zero-order valence-electron chi connectivity index (χ0n) is 10.6.